The van der Waals surface area contributed by atoms with E-state index in [4.69, 9.17) is 0 Å². The summed E-state index contributed by atoms with van der Waals surface area (Å²) in [6, 6.07) is 0. The highest BCUT2D eigenvalue weighted by Gasteiger charge is 2.19. The van der Waals surface area contributed by atoms with E-state index in [2.05, 4.69) is 22.6 Å². The van der Waals surface area contributed by atoms with Gasteiger partial charge in [-0.05, 0) is 44.8 Å². The third-order valence-electron chi connectivity index (χ3n) is 3.52. The van der Waals surface area contributed by atoms with Crippen molar-refractivity contribution < 1.29 is 0 Å². The Morgan fingerprint density at radius 1 is 1.36 bits per heavy atom. The van der Waals surface area contributed by atoms with Gasteiger partial charge in [-0.3, -0.25) is 0 Å². The van der Waals surface area contributed by atoms with Gasteiger partial charge in [-0.25, -0.2) is 0 Å². The fourth-order valence-corrected chi connectivity index (χ4v) is 2.37. The van der Waals surface area contributed by atoms with Crippen LogP contribution >= 0.6 is 0 Å². The molecule has 0 spiro atoms. The fourth-order valence-electron chi connectivity index (χ4n) is 2.37. The molecule has 0 saturated carbocycles. The van der Waals surface area contributed by atoms with Gasteiger partial charge in [-0.2, -0.15) is 0 Å². The van der Waals surface area contributed by atoms with Gasteiger partial charge >= 0.3 is 0 Å². The lowest BCUT2D eigenvalue weighted by molar-refractivity contribution is 0.325. The van der Waals surface area contributed by atoms with E-state index in [1.54, 1.807) is 0 Å². The van der Waals surface area contributed by atoms with Crippen LogP contribution in [-0.2, 0) is 0 Å². The van der Waals surface area contributed by atoms with E-state index >= 15 is 0 Å². The second-order valence-corrected chi connectivity index (χ2v) is 4.93. The van der Waals surface area contributed by atoms with Crippen molar-refractivity contribution in [1.29, 1.82) is 0 Å². The first-order chi connectivity index (χ1) is 6.84. The van der Waals surface area contributed by atoms with E-state index in [0.29, 0.717) is 0 Å². The number of nitrogens with one attached hydrogen (secondary N) is 2. The minimum Gasteiger partial charge on any atom is -0.316 e. The summed E-state index contributed by atoms with van der Waals surface area (Å²) < 4.78 is 0. The van der Waals surface area contributed by atoms with Gasteiger partial charge in [0.1, 0.15) is 0 Å². The Bertz CT molecular complexity index is 168. The SMILES string of the molecule is CN1CCC(CCNCC2CNC2)C1. The summed E-state index contributed by atoms with van der Waals surface area (Å²) in [6.07, 6.45) is 2.77. The van der Waals surface area contributed by atoms with Crippen molar-refractivity contribution in [1.82, 2.24) is 15.5 Å². The van der Waals surface area contributed by atoms with E-state index in [0.717, 1.165) is 11.8 Å². The molecule has 0 aromatic heterocycles. The van der Waals surface area contributed by atoms with Crippen LogP contribution in [0.5, 0.6) is 0 Å². The lowest BCUT2D eigenvalue weighted by atomic mass is 10.0. The van der Waals surface area contributed by atoms with Gasteiger partial charge < -0.3 is 15.5 Å². The van der Waals surface area contributed by atoms with E-state index < -0.39 is 0 Å². The number of nitrogens with zero attached hydrogens (tertiary/aromatic N) is 1. The van der Waals surface area contributed by atoms with Crippen molar-refractivity contribution in [2.45, 2.75) is 12.8 Å². The molecular weight excluding hydrogens is 174 g/mol. The number of hydrogen-bond acceptors (Lipinski definition) is 3. The molecule has 0 bridgehead atoms. The standard InChI is InChI=1S/C11H23N3/c1-14-5-3-10(9-14)2-4-12-6-11-7-13-8-11/h10-13H,2-9H2,1H3. The van der Waals surface area contributed by atoms with Gasteiger partial charge in [0.05, 0.1) is 0 Å². The summed E-state index contributed by atoms with van der Waals surface area (Å²) in [5.41, 5.74) is 0. The zero-order chi connectivity index (χ0) is 9.80. The molecule has 82 valence electrons. The zero-order valence-electron chi connectivity index (χ0n) is 9.26. The molecule has 2 saturated heterocycles. The van der Waals surface area contributed by atoms with Gasteiger partial charge in [0.25, 0.3) is 0 Å². The molecule has 2 heterocycles. The molecule has 0 radical (unpaired) electrons. The average Bonchev–Trinajstić information content (AvgIpc) is 2.48. The lowest BCUT2D eigenvalue weighted by Gasteiger charge is -2.27. The quantitative estimate of drug-likeness (QED) is 0.614. The molecule has 2 fully saturated rings. The van der Waals surface area contributed by atoms with Crippen LogP contribution in [-0.4, -0.2) is 51.2 Å². The van der Waals surface area contributed by atoms with Crippen LogP contribution in [0.15, 0.2) is 0 Å². The number of rotatable bonds is 5. The molecule has 1 atom stereocenters. The van der Waals surface area contributed by atoms with Crippen molar-refractivity contribution in [3.8, 4) is 0 Å². The predicted molar refractivity (Wildman–Crippen MR) is 59.5 cm³/mol. The van der Waals surface area contributed by atoms with Gasteiger partial charge in [0.2, 0.25) is 0 Å². The van der Waals surface area contributed by atoms with Crippen molar-refractivity contribution >= 4 is 0 Å². The molecule has 0 aromatic rings. The first-order valence-electron chi connectivity index (χ1n) is 5.94. The van der Waals surface area contributed by atoms with Crippen LogP contribution in [0.25, 0.3) is 0 Å². The van der Waals surface area contributed by atoms with Crippen LogP contribution in [0.1, 0.15) is 12.8 Å². The Labute approximate surface area is 87.2 Å². The predicted octanol–water partition coefficient (Wildman–Crippen LogP) is 0.137. The Morgan fingerprint density at radius 2 is 2.21 bits per heavy atom. The largest absolute Gasteiger partial charge is 0.316 e. The number of likely N-dealkylation sites (tertiary alicyclic amines) is 1. The van der Waals surface area contributed by atoms with Crippen molar-refractivity contribution in [2.24, 2.45) is 11.8 Å². The molecule has 0 aliphatic carbocycles. The summed E-state index contributed by atoms with van der Waals surface area (Å²) in [4.78, 5) is 2.44. The average molecular weight is 197 g/mol. The van der Waals surface area contributed by atoms with Gasteiger partial charge in [0.15, 0.2) is 0 Å². The van der Waals surface area contributed by atoms with E-state index in [9.17, 15) is 0 Å². The molecule has 0 amide bonds. The highest BCUT2D eigenvalue weighted by atomic mass is 15.1. The minimum atomic E-state index is 0.904. The maximum Gasteiger partial charge on any atom is 0.000756 e. The van der Waals surface area contributed by atoms with Crippen molar-refractivity contribution in [2.75, 3.05) is 46.3 Å². The fraction of sp³-hybridized carbons (Fsp3) is 1.00. The molecule has 3 heteroatoms. The summed E-state index contributed by atoms with van der Waals surface area (Å²) in [6.45, 7) is 7.49. The zero-order valence-corrected chi connectivity index (χ0v) is 9.26. The molecule has 2 aliphatic rings. The number of hydrogen-bond donors (Lipinski definition) is 2. The highest BCUT2D eigenvalue weighted by Crippen LogP contribution is 2.16. The van der Waals surface area contributed by atoms with E-state index in [1.807, 2.05) is 0 Å². The third kappa shape index (κ3) is 2.94. The Hall–Kier alpha value is -0.120. The van der Waals surface area contributed by atoms with E-state index in [-0.39, 0.29) is 0 Å². The molecule has 2 rings (SSSR count). The van der Waals surface area contributed by atoms with Gasteiger partial charge in [-0.15, -0.1) is 0 Å². The first-order valence-corrected chi connectivity index (χ1v) is 5.94. The first kappa shape index (κ1) is 10.4. The second-order valence-electron chi connectivity index (χ2n) is 4.93. The molecule has 1 unspecified atom stereocenters. The molecule has 2 aliphatic heterocycles. The van der Waals surface area contributed by atoms with Crippen LogP contribution in [0.4, 0.5) is 0 Å². The Balaban J connectivity index is 1.46. The summed E-state index contributed by atoms with van der Waals surface area (Å²) in [7, 11) is 2.23. The molecular formula is C11H23N3. The Morgan fingerprint density at radius 3 is 2.79 bits per heavy atom. The summed E-state index contributed by atoms with van der Waals surface area (Å²) in [5.74, 6) is 1.85. The smallest absolute Gasteiger partial charge is 0.000756 e. The van der Waals surface area contributed by atoms with Crippen LogP contribution in [0.3, 0.4) is 0 Å². The third-order valence-corrected chi connectivity index (χ3v) is 3.52. The lowest BCUT2D eigenvalue weighted by Crippen LogP contribution is -2.47. The monoisotopic (exact) mass is 197 g/mol. The topological polar surface area (TPSA) is 27.3 Å². The second kappa shape index (κ2) is 5.10. The normalized spacial score (nSPS) is 29.4. The molecule has 2 N–H and O–H groups in total. The minimum absolute atomic E-state index is 0.904. The van der Waals surface area contributed by atoms with Crippen LogP contribution in [0, 0.1) is 11.8 Å². The van der Waals surface area contributed by atoms with Gasteiger partial charge in [0, 0.05) is 26.2 Å². The van der Waals surface area contributed by atoms with Crippen LogP contribution in [0.2, 0.25) is 0 Å². The summed E-state index contributed by atoms with van der Waals surface area (Å²) >= 11 is 0. The Kier molecular flexibility index (Phi) is 3.79. The van der Waals surface area contributed by atoms with Crippen molar-refractivity contribution in [3.05, 3.63) is 0 Å². The maximum atomic E-state index is 3.57. The molecule has 0 aromatic carbocycles. The molecule has 14 heavy (non-hydrogen) atoms. The van der Waals surface area contributed by atoms with Crippen molar-refractivity contribution in [3.63, 3.8) is 0 Å². The van der Waals surface area contributed by atoms with E-state index in [1.165, 1.54) is 52.1 Å². The summed E-state index contributed by atoms with van der Waals surface area (Å²) in [5, 5.41) is 6.87. The van der Waals surface area contributed by atoms with Gasteiger partial charge in [-0.1, -0.05) is 0 Å². The molecule has 3 nitrogen and oxygen atoms in total. The highest BCUT2D eigenvalue weighted by molar-refractivity contribution is 4.77. The van der Waals surface area contributed by atoms with Crippen LogP contribution < -0.4 is 10.6 Å². The maximum absolute atomic E-state index is 3.57.